The van der Waals surface area contributed by atoms with Crippen molar-refractivity contribution in [2.75, 3.05) is 0 Å². The highest BCUT2D eigenvalue weighted by atomic mass is 16.1. The Balaban J connectivity index is 2.09. The summed E-state index contributed by atoms with van der Waals surface area (Å²) in [6.45, 7) is 2.24. The molecule has 0 unspecified atom stereocenters. The molecule has 0 aromatic heterocycles. The van der Waals surface area contributed by atoms with Gasteiger partial charge in [0, 0.05) is 5.56 Å². The van der Waals surface area contributed by atoms with E-state index < -0.39 is 0 Å². The van der Waals surface area contributed by atoms with E-state index in [1.807, 2.05) is 30.3 Å². The zero-order valence-corrected chi connectivity index (χ0v) is 14.8. The topological polar surface area (TPSA) is 43.1 Å². The minimum Gasteiger partial charge on any atom is -0.366 e. The van der Waals surface area contributed by atoms with E-state index in [-0.39, 0.29) is 5.91 Å². The van der Waals surface area contributed by atoms with Crippen LogP contribution in [0.1, 0.15) is 72.5 Å². The predicted octanol–water partition coefficient (Wildman–Crippen LogP) is 5.28. The summed E-state index contributed by atoms with van der Waals surface area (Å²) in [5.41, 5.74) is 9.87. The molecule has 2 rings (SSSR count). The number of benzene rings is 2. The zero-order chi connectivity index (χ0) is 17.2. The molecule has 0 spiro atoms. The Morgan fingerprint density at radius 3 is 2.29 bits per heavy atom. The minimum absolute atomic E-state index is 0.328. The SMILES string of the molecule is CCCCCCCCc1cccc(C(N)=O)c1Cc1ccccc1. The number of hydrogen-bond acceptors (Lipinski definition) is 1. The molecule has 2 heteroatoms. The summed E-state index contributed by atoms with van der Waals surface area (Å²) in [5, 5.41) is 0. The number of hydrogen-bond donors (Lipinski definition) is 1. The number of amides is 1. The molecule has 2 nitrogen and oxygen atoms in total. The largest absolute Gasteiger partial charge is 0.366 e. The summed E-state index contributed by atoms with van der Waals surface area (Å²) >= 11 is 0. The van der Waals surface area contributed by atoms with Gasteiger partial charge >= 0.3 is 0 Å². The van der Waals surface area contributed by atoms with Gasteiger partial charge in [-0.05, 0) is 42.0 Å². The van der Waals surface area contributed by atoms with Crippen LogP contribution in [-0.4, -0.2) is 5.91 Å². The molecular formula is C22H29NO. The summed E-state index contributed by atoms with van der Waals surface area (Å²) in [6.07, 6.45) is 9.46. The van der Waals surface area contributed by atoms with Crippen LogP contribution in [0.2, 0.25) is 0 Å². The maximum atomic E-state index is 11.8. The van der Waals surface area contributed by atoms with Gasteiger partial charge in [0.2, 0.25) is 5.91 Å². The van der Waals surface area contributed by atoms with E-state index in [1.54, 1.807) is 0 Å². The van der Waals surface area contributed by atoms with Crippen LogP contribution < -0.4 is 5.73 Å². The number of primary amides is 1. The van der Waals surface area contributed by atoms with Gasteiger partial charge in [0.05, 0.1) is 0 Å². The Hall–Kier alpha value is -2.09. The van der Waals surface area contributed by atoms with Gasteiger partial charge in [-0.1, -0.05) is 81.5 Å². The molecule has 0 heterocycles. The molecule has 1 amide bonds. The molecule has 0 saturated heterocycles. The molecule has 0 radical (unpaired) electrons. The van der Waals surface area contributed by atoms with Crippen molar-refractivity contribution in [1.82, 2.24) is 0 Å². The molecule has 0 bridgehead atoms. The molecule has 0 aliphatic carbocycles. The van der Waals surface area contributed by atoms with Crippen LogP contribution in [0.3, 0.4) is 0 Å². The smallest absolute Gasteiger partial charge is 0.248 e. The molecule has 2 N–H and O–H groups in total. The Labute approximate surface area is 146 Å². The Morgan fingerprint density at radius 2 is 1.58 bits per heavy atom. The van der Waals surface area contributed by atoms with Crippen LogP contribution in [0, 0.1) is 0 Å². The van der Waals surface area contributed by atoms with Crippen molar-refractivity contribution in [3.8, 4) is 0 Å². The van der Waals surface area contributed by atoms with Crippen LogP contribution in [0.15, 0.2) is 48.5 Å². The molecule has 0 atom stereocenters. The molecule has 0 fully saturated rings. The van der Waals surface area contributed by atoms with Gasteiger partial charge in [-0.15, -0.1) is 0 Å². The van der Waals surface area contributed by atoms with E-state index in [2.05, 4.69) is 25.1 Å². The lowest BCUT2D eigenvalue weighted by Crippen LogP contribution is -2.15. The zero-order valence-electron chi connectivity index (χ0n) is 14.8. The number of nitrogens with two attached hydrogens (primary N) is 1. The summed E-state index contributed by atoms with van der Waals surface area (Å²) in [4.78, 5) is 11.8. The number of rotatable bonds is 10. The second-order valence-corrected chi connectivity index (χ2v) is 6.49. The molecular weight excluding hydrogens is 294 g/mol. The van der Waals surface area contributed by atoms with Crippen LogP contribution in [-0.2, 0) is 12.8 Å². The number of carbonyl (C=O) groups excluding carboxylic acids is 1. The highest BCUT2D eigenvalue weighted by Gasteiger charge is 2.13. The van der Waals surface area contributed by atoms with Crippen molar-refractivity contribution >= 4 is 5.91 Å². The number of carbonyl (C=O) groups is 1. The van der Waals surface area contributed by atoms with Crippen LogP contribution in [0.5, 0.6) is 0 Å². The third-order valence-electron chi connectivity index (χ3n) is 4.56. The van der Waals surface area contributed by atoms with Gasteiger partial charge in [-0.3, -0.25) is 4.79 Å². The lowest BCUT2D eigenvalue weighted by molar-refractivity contribution is 0.0999. The standard InChI is InChI=1S/C22H29NO/c1-2-3-4-5-6-10-14-19-15-11-16-20(22(23)24)21(19)17-18-12-8-7-9-13-18/h7-9,11-13,15-16H,2-6,10,14,17H2,1H3,(H2,23,24). The molecule has 0 saturated carbocycles. The van der Waals surface area contributed by atoms with E-state index in [9.17, 15) is 4.79 Å². The summed E-state index contributed by atoms with van der Waals surface area (Å²) < 4.78 is 0. The average Bonchev–Trinajstić information content (AvgIpc) is 2.59. The maximum absolute atomic E-state index is 11.8. The van der Waals surface area contributed by atoms with Crippen LogP contribution >= 0.6 is 0 Å². The summed E-state index contributed by atoms with van der Waals surface area (Å²) in [5.74, 6) is -0.328. The first-order valence-corrected chi connectivity index (χ1v) is 9.17. The average molecular weight is 323 g/mol. The first-order valence-electron chi connectivity index (χ1n) is 9.17. The third kappa shape index (κ3) is 5.52. The molecule has 2 aromatic carbocycles. The van der Waals surface area contributed by atoms with E-state index in [1.165, 1.54) is 49.7 Å². The fraction of sp³-hybridized carbons (Fsp3) is 0.409. The van der Waals surface area contributed by atoms with E-state index in [0.717, 1.165) is 18.4 Å². The van der Waals surface area contributed by atoms with E-state index in [4.69, 9.17) is 5.73 Å². The molecule has 128 valence electrons. The van der Waals surface area contributed by atoms with Crippen molar-refractivity contribution in [2.45, 2.75) is 58.3 Å². The van der Waals surface area contributed by atoms with Crippen molar-refractivity contribution < 1.29 is 4.79 Å². The third-order valence-corrected chi connectivity index (χ3v) is 4.56. The monoisotopic (exact) mass is 323 g/mol. The number of aryl methyl sites for hydroxylation is 1. The van der Waals surface area contributed by atoms with E-state index in [0.29, 0.717) is 5.56 Å². The van der Waals surface area contributed by atoms with Crippen molar-refractivity contribution in [2.24, 2.45) is 5.73 Å². The first kappa shape index (κ1) is 18.3. The summed E-state index contributed by atoms with van der Waals surface area (Å²) in [6, 6.07) is 16.3. The van der Waals surface area contributed by atoms with Gasteiger partial charge in [0.25, 0.3) is 0 Å². The second-order valence-electron chi connectivity index (χ2n) is 6.49. The Kier molecular flexibility index (Phi) is 7.54. The van der Waals surface area contributed by atoms with Crippen molar-refractivity contribution in [3.05, 3.63) is 70.8 Å². The highest BCUT2D eigenvalue weighted by Crippen LogP contribution is 2.21. The second kappa shape index (κ2) is 9.92. The maximum Gasteiger partial charge on any atom is 0.248 e. The molecule has 2 aromatic rings. The van der Waals surface area contributed by atoms with Crippen molar-refractivity contribution in [3.63, 3.8) is 0 Å². The van der Waals surface area contributed by atoms with E-state index >= 15 is 0 Å². The predicted molar refractivity (Wildman–Crippen MR) is 101 cm³/mol. The fourth-order valence-electron chi connectivity index (χ4n) is 3.20. The molecule has 0 aliphatic rings. The lowest BCUT2D eigenvalue weighted by atomic mass is 9.91. The van der Waals surface area contributed by atoms with Gasteiger partial charge in [0.15, 0.2) is 0 Å². The first-order chi connectivity index (χ1) is 11.7. The normalized spacial score (nSPS) is 10.7. The Morgan fingerprint density at radius 1 is 0.875 bits per heavy atom. The van der Waals surface area contributed by atoms with Crippen LogP contribution in [0.25, 0.3) is 0 Å². The number of unbranched alkanes of at least 4 members (excludes halogenated alkanes) is 5. The quantitative estimate of drug-likeness (QED) is 0.594. The fourth-order valence-corrected chi connectivity index (χ4v) is 3.20. The van der Waals surface area contributed by atoms with Gasteiger partial charge < -0.3 is 5.73 Å². The highest BCUT2D eigenvalue weighted by molar-refractivity contribution is 5.94. The molecule has 24 heavy (non-hydrogen) atoms. The summed E-state index contributed by atoms with van der Waals surface area (Å²) in [7, 11) is 0. The molecule has 0 aliphatic heterocycles. The Bertz CT molecular complexity index is 634. The van der Waals surface area contributed by atoms with Gasteiger partial charge in [0.1, 0.15) is 0 Å². The van der Waals surface area contributed by atoms with Crippen LogP contribution in [0.4, 0.5) is 0 Å². The van der Waals surface area contributed by atoms with Gasteiger partial charge in [-0.2, -0.15) is 0 Å². The lowest BCUT2D eigenvalue weighted by Gasteiger charge is -2.13. The minimum atomic E-state index is -0.328. The van der Waals surface area contributed by atoms with Crippen molar-refractivity contribution in [1.29, 1.82) is 0 Å². The van der Waals surface area contributed by atoms with Gasteiger partial charge in [-0.25, -0.2) is 0 Å².